The van der Waals surface area contributed by atoms with Crippen LogP contribution in [0.5, 0.6) is 0 Å². The molecule has 0 fully saturated rings. The predicted octanol–water partition coefficient (Wildman–Crippen LogP) is 3.20. The van der Waals surface area contributed by atoms with Crippen LogP contribution in [-0.2, 0) is 9.53 Å². The number of halogens is 1. The van der Waals surface area contributed by atoms with Crippen molar-refractivity contribution < 1.29 is 19.4 Å². The number of carbonyl (C=O) groups excluding carboxylic acids is 1. The number of carboxylic acids is 1. The Morgan fingerprint density at radius 1 is 1.41 bits per heavy atom. The molecule has 0 bridgehead atoms. The van der Waals surface area contributed by atoms with Gasteiger partial charge in [0, 0.05) is 16.6 Å². The first-order valence-corrected chi connectivity index (χ1v) is 7.21. The molecule has 7 heteroatoms. The molecular weight excluding hydrogens is 308 g/mol. The summed E-state index contributed by atoms with van der Waals surface area (Å²) in [6, 6.07) is 4.84. The fraction of sp³-hybridized carbons (Fsp3) is 0.467. The van der Waals surface area contributed by atoms with E-state index in [0.29, 0.717) is 16.3 Å². The van der Waals surface area contributed by atoms with Gasteiger partial charge in [-0.1, -0.05) is 17.7 Å². The first kappa shape index (κ1) is 18.3. The number of amides is 1. The highest BCUT2D eigenvalue weighted by Gasteiger charge is 2.21. The summed E-state index contributed by atoms with van der Waals surface area (Å²) in [5.74, 6) is -1.40. The fourth-order valence-corrected chi connectivity index (χ4v) is 2.11. The van der Waals surface area contributed by atoms with Crippen LogP contribution >= 0.6 is 11.6 Å². The highest BCUT2D eigenvalue weighted by atomic mass is 35.5. The van der Waals surface area contributed by atoms with Crippen molar-refractivity contribution in [1.29, 1.82) is 0 Å². The first-order valence-electron chi connectivity index (χ1n) is 6.83. The highest BCUT2D eigenvalue weighted by molar-refractivity contribution is 6.31. The maximum absolute atomic E-state index is 11.9. The van der Waals surface area contributed by atoms with Gasteiger partial charge in [0.1, 0.15) is 5.60 Å². The van der Waals surface area contributed by atoms with Gasteiger partial charge < -0.3 is 15.6 Å². The Hall–Kier alpha value is -1.79. The van der Waals surface area contributed by atoms with E-state index in [0.717, 1.165) is 0 Å². The molecule has 1 aromatic rings. The van der Waals surface area contributed by atoms with Gasteiger partial charge in [0.25, 0.3) is 0 Å². The Balaban J connectivity index is 3.04. The number of hydrogen-bond acceptors (Lipinski definition) is 4. The van der Waals surface area contributed by atoms with Crippen molar-refractivity contribution in [2.45, 2.75) is 38.7 Å². The van der Waals surface area contributed by atoms with E-state index in [2.05, 4.69) is 5.32 Å². The van der Waals surface area contributed by atoms with Gasteiger partial charge in [0.05, 0.1) is 6.42 Å². The van der Waals surface area contributed by atoms with Crippen LogP contribution in [0.3, 0.4) is 0 Å². The van der Waals surface area contributed by atoms with Crippen LogP contribution in [0, 0.1) is 0 Å². The summed E-state index contributed by atoms with van der Waals surface area (Å²) in [6.07, 6.45) is -0.775. The molecule has 0 spiro atoms. The Kier molecular flexibility index (Phi) is 6.20. The van der Waals surface area contributed by atoms with Gasteiger partial charge in [-0.3, -0.25) is 10.1 Å². The first-order chi connectivity index (χ1) is 10.1. The zero-order valence-electron chi connectivity index (χ0n) is 12.9. The van der Waals surface area contributed by atoms with Crippen LogP contribution in [0.1, 0.15) is 38.7 Å². The molecule has 4 N–H and O–H groups in total. The molecule has 1 unspecified atom stereocenters. The number of hydrogen-bond donors (Lipinski definition) is 3. The smallest absolute Gasteiger partial charge is 0.412 e. The minimum Gasteiger partial charge on any atom is -0.481 e. The van der Waals surface area contributed by atoms with Crippen molar-refractivity contribution >= 4 is 29.4 Å². The van der Waals surface area contributed by atoms with Gasteiger partial charge in [-0.25, -0.2) is 4.79 Å². The third-order valence-corrected chi connectivity index (χ3v) is 3.03. The second-order valence-corrected chi connectivity index (χ2v) is 6.33. The molecule has 0 saturated carbocycles. The van der Waals surface area contributed by atoms with E-state index in [4.69, 9.17) is 27.2 Å². The molecule has 1 aromatic carbocycles. The number of rotatable bonds is 5. The van der Waals surface area contributed by atoms with Crippen LogP contribution in [0.4, 0.5) is 10.5 Å². The molecule has 1 atom stereocenters. The molecule has 0 aromatic heterocycles. The number of benzene rings is 1. The van der Waals surface area contributed by atoms with E-state index in [1.54, 1.807) is 39.0 Å². The molecule has 0 aliphatic rings. The van der Waals surface area contributed by atoms with E-state index >= 15 is 0 Å². The summed E-state index contributed by atoms with van der Waals surface area (Å²) in [4.78, 5) is 22.8. The van der Waals surface area contributed by atoms with Crippen LogP contribution < -0.4 is 11.1 Å². The van der Waals surface area contributed by atoms with Crippen molar-refractivity contribution in [1.82, 2.24) is 0 Å². The highest BCUT2D eigenvalue weighted by Crippen LogP contribution is 2.30. The summed E-state index contributed by atoms with van der Waals surface area (Å²) < 4.78 is 5.19. The number of nitrogens with one attached hydrogen (secondary N) is 1. The number of aliphatic carboxylic acids is 1. The molecule has 6 nitrogen and oxygen atoms in total. The van der Waals surface area contributed by atoms with Gasteiger partial charge in [-0.15, -0.1) is 0 Å². The van der Waals surface area contributed by atoms with E-state index in [9.17, 15) is 9.59 Å². The Labute approximate surface area is 134 Å². The summed E-state index contributed by atoms with van der Waals surface area (Å²) in [5.41, 5.74) is 6.02. The normalized spacial score (nSPS) is 12.6. The molecule has 0 heterocycles. The van der Waals surface area contributed by atoms with E-state index < -0.39 is 23.6 Å². The Morgan fingerprint density at radius 3 is 2.55 bits per heavy atom. The van der Waals surface area contributed by atoms with E-state index in [-0.39, 0.29) is 13.0 Å². The summed E-state index contributed by atoms with van der Waals surface area (Å²) in [6.45, 7) is 5.38. The molecule has 1 amide bonds. The Morgan fingerprint density at radius 2 is 2.05 bits per heavy atom. The summed E-state index contributed by atoms with van der Waals surface area (Å²) >= 11 is 5.95. The lowest BCUT2D eigenvalue weighted by Gasteiger charge is -2.22. The van der Waals surface area contributed by atoms with Crippen molar-refractivity contribution in [3.05, 3.63) is 28.8 Å². The van der Waals surface area contributed by atoms with Gasteiger partial charge in [-0.2, -0.15) is 0 Å². The molecule has 0 aliphatic carbocycles. The number of nitrogens with two attached hydrogens (primary N) is 1. The third kappa shape index (κ3) is 5.91. The predicted molar refractivity (Wildman–Crippen MR) is 85.4 cm³/mol. The molecule has 0 aliphatic heterocycles. The zero-order chi connectivity index (χ0) is 16.9. The lowest BCUT2D eigenvalue weighted by Crippen LogP contribution is -2.28. The fourth-order valence-electron chi connectivity index (χ4n) is 1.94. The van der Waals surface area contributed by atoms with E-state index in [1.165, 1.54) is 0 Å². The average molecular weight is 329 g/mol. The Bertz CT molecular complexity index is 555. The third-order valence-electron chi connectivity index (χ3n) is 2.80. The van der Waals surface area contributed by atoms with Crippen molar-refractivity contribution in [3.8, 4) is 0 Å². The van der Waals surface area contributed by atoms with Crippen molar-refractivity contribution in [2.24, 2.45) is 5.73 Å². The van der Waals surface area contributed by atoms with Gasteiger partial charge >= 0.3 is 12.1 Å². The number of anilines is 1. The molecule has 22 heavy (non-hydrogen) atoms. The zero-order valence-corrected chi connectivity index (χ0v) is 13.6. The van der Waals surface area contributed by atoms with Crippen molar-refractivity contribution in [2.75, 3.05) is 11.9 Å². The lowest BCUT2D eigenvalue weighted by atomic mass is 9.94. The average Bonchev–Trinajstić information content (AvgIpc) is 2.34. The minimum absolute atomic E-state index is 0.136. The molecule has 1 rings (SSSR count). The second kappa shape index (κ2) is 7.47. The lowest BCUT2D eigenvalue weighted by molar-refractivity contribution is -0.137. The second-order valence-electron chi connectivity index (χ2n) is 5.89. The molecular formula is C15H21ClN2O4. The topological polar surface area (TPSA) is 102 Å². The monoisotopic (exact) mass is 328 g/mol. The van der Waals surface area contributed by atoms with Gasteiger partial charge in [0.15, 0.2) is 0 Å². The van der Waals surface area contributed by atoms with Crippen molar-refractivity contribution in [3.63, 3.8) is 0 Å². The minimum atomic E-state index is -0.964. The number of carbonyl (C=O) groups is 2. The van der Waals surface area contributed by atoms with Gasteiger partial charge in [-0.05, 0) is 45.0 Å². The largest absolute Gasteiger partial charge is 0.481 e. The van der Waals surface area contributed by atoms with Crippen LogP contribution in [0.15, 0.2) is 18.2 Å². The molecule has 0 saturated heterocycles. The SMILES string of the molecule is CC(C)(C)OC(=O)Nc1cc(Cl)ccc1C(CN)CC(=O)O. The van der Waals surface area contributed by atoms with E-state index in [1.807, 2.05) is 0 Å². The van der Waals surface area contributed by atoms with Crippen LogP contribution in [0.2, 0.25) is 5.02 Å². The summed E-state index contributed by atoms with van der Waals surface area (Å²) in [7, 11) is 0. The molecule has 0 radical (unpaired) electrons. The quantitative estimate of drug-likeness (QED) is 0.770. The number of ether oxygens (including phenoxy) is 1. The van der Waals surface area contributed by atoms with Crippen LogP contribution in [0.25, 0.3) is 0 Å². The number of carboxylic acid groups (broad SMARTS) is 1. The van der Waals surface area contributed by atoms with Gasteiger partial charge in [0.2, 0.25) is 0 Å². The maximum atomic E-state index is 11.9. The van der Waals surface area contributed by atoms with Crippen LogP contribution in [-0.4, -0.2) is 29.3 Å². The standard InChI is InChI=1S/C15H21ClN2O4/c1-15(2,3)22-14(21)18-12-7-10(16)4-5-11(12)9(8-17)6-13(19)20/h4-5,7,9H,6,8,17H2,1-3H3,(H,18,21)(H,19,20). The summed E-state index contributed by atoms with van der Waals surface area (Å²) in [5, 5.41) is 12.0. The maximum Gasteiger partial charge on any atom is 0.412 e. The molecule has 122 valence electrons.